The van der Waals surface area contributed by atoms with Gasteiger partial charge in [0, 0.05) is 19.2 Å². The first-order valence-electron chi connectivity index (χ1n) is 9.23. The highest BCUT2D eigenvalue weighted by Crippen LogP contribution is 2.18. The van der Waals surface area contributed by atoms with Crippen LogP contribution in [0.3, 0.4) is 0 Å². The monoisotopic (exact) mass is 344 g/mol. The van der Waals surface area contributed by atoms with Crippen molar-refractivity contribution in [2.75, 3.05) is 40.3 Å². The first-order valence-corrected chi connectivity index (χ1v) is 9.23. The molecule has 0 unspecified atom stereocenters. The first-order chi connectivity index (χ1) is 12.0. The van der Waals surface area contributed by atoms with E-state index in [1.807, 2.05) is 30.9 Å². The van der Waals surface area contributed by atoms with Crippen molar-refractivity contribution in [2.24, 2.45) is 5.92 Å². The molecule has 1 amide bonds. The fourth-order valence-corrected chi connectivity index (χ4v) is 3.24. The van der Waals surface area contributed by atoms with Gasteiger partial charge >= 0.3 is 0 Å². The molecule has 1 aliphatic rings. The summed E-state index contributed by atoms with van der Waals surface area (Å²) in [7, 11) is 3.85. The molecule has 1 aliphatic heterocycles. The summed E-state index contributed by atoms with van der Waals surface area (Å²) in [4.78, 5) is 17.0. The maximum absolute atomic E-state index is 12.6. The maximum atomic E-state index is 12.6. The summed E-state index contributed by atoms with van der Waals surface area (Å²) in [5.74, 6) is 1.63. The van der Waals surface area contributed by atoms with Crippen molar-refractivity contribution < 1.29 is 9.53 Å². The van der Waals surface area contributed by atoms with Crippen LogP contribution < -0.4 is 4.74 Å². The van der Waals surface area contributed by atoms with Gasteiger partial charge in [0.05, 0.1) is 7.11 Å². The number of ether oxygens (including phenoxy) is 1. The molecule has 0 aliphatic carbocycles. The van der Waals surface area contributed by atoms with Crippen LogP contribution >= 0.6 is 0 Å². The van der Waals surface area contributed by atoms with Crippen molar-refractivity contribution in [3.63, 3.8) is 0 Å². The van der Waals surface area contributed by atoms with Crippen LogP contribution in [-0.2, 0) is 11.2 Å². The second-order valence-electron chi connectivity index (χ2n) is 7.35. The Bertz CT molecular complexity index is 568. The lowest BCUT2D eigenvalue weighted by Crippen LogP contribution is -2.40. The van der Waals surface area contributed by atoms with E-state index in [9.17, 15) is 4.79 Å². The minimum Gasteiger partial charge on any atom is -0.497 e. The molecule has 0 N–H and O–H groups in total. The van der Waals surface area contributed by atoms with Gasteiger partial charge in [-0.25, -0.2) is 0 Å². The van der Waals surface area contributed by atoms with Gasteiger partial charge in [-0.15, -0.1) is 0 Å². The predicted molar refractivity (Wildman–Crippen MR) is 103 cm³/mol. The third kappa shape index (κ3) is 6.54. The van der Waals surface area contributed by atoms with Gasteiger partial charge in [-0.05, 0) is 76.9 Å². The molecule has 1 aromatic rings. The minimum atomic E-state index is 0.146. The third-order valence-corrected chi connectivity index (χ3v) is 4.87. The summed E-state index contributed by atoms with van der Waals surface area (Å²) in [6.07, 6.45) is 5.00. The second-order valence-corrected chi connectivity index (χ2v) is 7.35. The van der Waals surface area contributed by atoms with Gasteiger partial charge in [0.2, 0.25) is 5.91 Å². The summed E-state index contributed by atoms with van der Waals surface area (Å²) in [6.45, 7) is 7.86. The number of allylic oxidation sites excluding steroid dienone is 1. The van der Waals surface area contributed by atoms with Gasteiger partial charge in [-0.2, -0.15) is 0 Å². The number of nitrogens with zero attached hydrogens (tertiary/aromatic N) is 2. The molecule has 1 saturated heterocycles. The Kier molecular flexibility index (Phi) is 7.51. The van der Waals surface area contributed by atoms with Crippen molar-refractivity contribution in [2.45, 2.75) is 33.1 Å². The van der Waals surface area contributed by atoms with Gasteiger partial charge in [-0.3, -0.25) is 4.79 Å². The number of benzene rings is 1. The van der Waals surface area contributed by atoms with Crippen LogP contribution in [0.1, 0.15) is 32.3 Å². The number of likely N-dealkylation sites (tertiary alicyclic amines) is 1. The molecule has 4 heteroatoms. The Morgan fingerprint density at radius 1 is 1.24 bits per heavy atom. The lowest BCUT2D eigenvalue weighted by Gasteiger charge is -2.33. The summed E-state index contributed by atoms with van der Waals surface area (Å²) < 4.78 is 5.21. The van der Waals surface area contributed by atoms with Gasteiger partial charge < -0.3 is 14.5 Å². The van der Waals surface area contributed by atoms with E-state index in [0.717, 1.165) is 43.9 Å². The van der Waals surface area contributed by atoms with Gasteiger partial charge in [-0.1, -0.05) is 17.7 Å². The lowest BCUT2D eigenvalue weighted by atomic mass is 9.96. The van der Waals surface area contributed by atoms with E-state index in [0.29, 0.717) is 5.92 Å². The molecule has 0 atom stereocenters. The van der Waals surface area contributed by atoms with Crippen molar-refractivity contribution in [1.29, 1.82) is 0 Å². The molecule has 0 saturated carbocycles. The predicted octanol–water partition coefficient (Wildman–Crippen LogP) is 3.37. The molecule has 138 valence electrons. The van der Waals surface area contributed by atoms with Crippen molar-refractivity contribution >= 4 is 5.91 Å². The average Bonchev–Trinajstić information content (AvgIpc) is 2.60. The molecule has 0 bridgehead atoms. The standard InChI is InChI=1S/C21H32N2O2/c1-17(2)15-21(24)23(16-19-9-12-22(3)13-10-19)14-11-18-5-7-20(25-4)8-6-18/h5-8,15,19H,9-14,16H2,1-4H3. The molecule has 0 aromatic heterocycles. The first kappa shape index (κ1) is 19.5. The zero-order valence-corrected chi connectivity index (χ0v) is 16.1. The number of amides is 1. The third-order valence-electron chi connectivity index (χ3n) is 4.87. The summed E-state index contributed by atoms with van der Waals surface area (Å²) in [6, 6.07) is 8.12. The molecule has 4 nitrogen and oxygen atoms in total. The quantitative estimate of drug-likeness (QED) is 0.711. The summed E-state index contributed by atoms with van der Waals surface area (Å²) >= 11 is 0. The Hall–Kier alpha value is -1.81. The zero-order chi connectivity index (χ0) is 18.2. The largest absolute Gasteiger partial charge is 0.497 e. The zero-order valence-electron chi connectivity index (χ0n) is 16.1. The van der Waals surface area contributed by atoms with Crippen molar-refractivity contribution in [1.82, 2.24) is 9.80 Å². The molecule has 1 aromatic carbocycles. The smallest absolute Gasteiger partial charge is 0.246 e. The van der Waals surface area contributed by atoms with E-state index in [4.69, 9.17) is 4.74 Å². The van der Waals surface area contributed by atoms with Crippen LogP contribution in [0.25, 0.3) is 0 Å². The Morgan fingerprint density at radius 3 is 2.44 bits per heavy atom. The van der Waals surface area contributed by atoms with E-state index >= 15 is 0 Å². The van der Waals surface area contributed by atoms with Gasteiger partial charge in [0.25, 0.3) is 0 Å². The Morgan fingerprint density at radius 2 is 1.88 bits per heavy atom. The molecular weight excluding hydrogens is 312 g/mol. The average molecular weight is 344 g/mol. The SMILES string of the molecule is COc1ccc(CCN(CC2CCN(C)CC2)C(=O)C=C(C)C)cc1. The van der Waals surface area contributed by atoms with Crippen molar-refractivity contribution in [3.8, 4) is 5.75 Å². The van der Waals surface area contributed by atoms with E-state index in [1.54, 1.807) is 13.2 Å². The molecule has 1 heterocycles. The normalized spacial score (nSPS) is 15.7. The minimum absolute atomic E-state index is 0.146. The highest BCUT2D eigenvalue weighted by molar-refractivity contribution is 5.88. The number of methoxy groups -OCH3 is 1. The number of hydrogen-bond donors (Lipinski definition) is 0. The number of carbonyl (C=O) groups excluding carboxylic acids is 1. The van der Waals surface area contributed by atoms with Crippen LogP contribution in [0.15, 0.2) is 35.9 Å². The topological polar surface area (TPSA) is 32.8 Å². The Labute approximate surface area is 152 Å². The van der Waals surface area contributed by atoms with Crippen LogP contribution in [0.4, 0.5) is 0 Å². The number of piperidine rings is 1. The van der Waals surface area contributed by atoms with E-state index < -0.39 is 0 Å². The summed E-state index contributed by atoms with van der Waals surface area (Å²) in [5, 5.41) is 0. The number of carbonyl (C=O) groups is 1. The fraction of sp³-hybridized carbons (Fsp3) is 0.571. The van der Waals surface area contributed by atoms with E-state index in [-0.39, 0.29) is 5.91 Å². The van der Waals surface area contributed by atoms with Gasteiger partial charge in [0.1, 0.15) is 5.75 Å². The molecular formula is C21H32N2O2. The lowest BCUT2D eigenvalue weighted by molar-refractivity contribution is -0.126. The van der Waals surface area contributed by atoms with E-state index in [2.05, 4.69) is 24.1 Å². The van der Waals surface area contributed by atoms with Crippen LogP contribution in [0.5, 0.6) is 5.75 Å². The fourth-order valence-electron chi connectivity index (χ4n) is 3.24. The molecule has 25 heavy (non-hydrogen) atoms. The van der Waals surface area contributed by atoms with Crippen LogP contribution in [-0.4, -0.2) is 56.0 Å². The van der Waals surface area contributed by atoms with Crippen LogP contribution in [0.2, 0.25) is 0 Å². The summed E-state index contributed by atoms with van der Waals surface area (Å²) in [5.41, 5.74) is 2.29. The molecule has 0 radical (unpaired) electrons. The van der Waals surface area contributed by atoms with E-state index in [1.165, 1.54) is 18.4 Å². The number of hydrogen-bond acceptors (Lipinski definition) is 3. The highest BCUT2D eigenvalue weighted by atomic mass is 16.5. The highest BCUT2D eigenvalue weighted by Gasteiger charge is 2.21. The van der Waals surface area contributed by atoms with Crippen molar-refractivity contribution in [3.05, 3.63) is 41.5 Å². The second kappa shape index (κ2) is 9.62. The number of rotatable bonds is 7. The molecule has 1 fully saturated rings. The molecule has 0 spiro atoms. The van der Waals surface area contributed by atoms with Gasteiger partial charge in [0.15, 0.2) is 0 Å². The van der Waals surface area contributed by atoms with Crippen LogP contribution in [0, 0.1) is 5.92 Å². The molecule has 2 rings (SSSR count). The maximum Gasteiger partial charge on any atom is 0.246 e. The Balaban J connectivity index is 1.97.